The molecule has 2 unspecified atom stereocenters. The first-order chi connectivity index (χ1) is 10.8. The molecule has 3 heteroatoms. The summed E-state index contributed by atoms with van der Waals surface area (Å²) in [4.78, 5) is 2.38. The van der Waals surface area contributed by atoms with Crippen LogP contribution in [0, 0.1) is 0 Å². The topological polar surface area (TPSA) is 21.7 Å². The van der Waals surface area contributed by atoms with Gasteiger partial charge in [-0.15, -0.1) is 0 Å². The van der Waals surface area contributed by atoms with E-state index in [2.05, 4.69) is 42.3 Å². The molecule has 3 rings (SSSR count). The smallest absolute Gasteiger partial charge is 0.120 e. The van der Waals surface area contributed by atoms with E-state index in [1.807, 2.05) is 24.3 Å². The predicted molar refractivity (Wildman–Crippen MR) is 88.7 cm³/mol. The Morgan fingerprint density at radius 2 is 1.64 bits per heavy atom. The highest BCUT2D eigenvalue weighted by molar-refractivity contribution is 5.32. The highest BCUT2D eigenvalue weighted by atomic mass is 16.5. The third-order valence-corrected chi connectivity index (χ3v) is 4.33. The maximum atomic E-state index is 6.29. The number of benzene rings is 2. The molecule has 22 heavy (non-hydrogen) atoms. The van der Waals surface area contributed by atoms with Crippen LogP contribution in [-0.2, 0) is 0 Å². The summed E-state index contributed by atoms with van der Waals surface area (Å²) in [5.74, 6) is 2.17. The molecule has 1 aliphatic heterocycles. The monoisotopic (exact) mass is 297 g/mol. The second kappa shape index (κ2) is 6.84. The van der Waals surface area contributed by atoms with Gasteiger partial charge in [0.15, 0.2) is 0 Å². The van der Waals surface area contributed by atoms with Gasteiger partial charge in [0, 0.05) is 19.0 Å². The van der Waals surface area contributed by atoms with Crippen LogP contribution in [-0.4, -0.2) is 38.3 Å². The molecule has 0 radical (unpaired) electrons. The Bertz CT molecular complexity index is 582. The number of methoxy groups -OCH3 is 1. The fourth-order valence-corrected chi connectivity index (χ4v) is 3.08. The van der Waals surface area contributed by atoms with Gasteiger partial charge >= 0.3 is 0 Å². The number of rotatable bonds is 4. The molecule has 2 atom stereocenters. The van der Waals surface area contributed by atoms with E-state index in [1.165, 1.54) is 5.56 Å². The zero-order chi connectivity index (χ0) is 15.4. The lowest BCUT2D eigenvalue weighted by Gasteiger charge is -2.37. The van der Waals surface area contributed by atoms with Gasteiger partial charge in [0.05, 0.1) is 7.11 Å². The van der Waals surface area contributed by atoms with Crippen LogP contribution >= 0.6 is 0 Å². The lowest BCUT2D eigenvalue weighted by molar-refractivity contribution is 0.0901. The van der Waals surface area contributed by atoms with E-state index in [4.69, 9.17) is 9.47 Å². The summed E-state index contributed by atoms with van der Waals surface area (Å²) in [5.41, 5.74) is 1.35. The number of hydrogen-bond donors (Lipinski definition) is 0. The molecule has 0 spiro atoms. The van der Waals surface area contributed by atoms with E-state index >= 15 is 0 Å². The van der Waals surface area contributed by atoms with E-state index in [1.54, 1.807) is 7.11 Å². The molecule has 1 heterocycles. The predicted octanol–water partition coefficient (Wildman–Crippen LogP) is 3.56. The summed E-state index contributed by atoms with van der Waals surface area (Å²) in [5, 5.41) is 0. The minimum atomic E-state index is 0.215. The standard InChI is InChI=1S/C19H23NO2/c1-20-13-12-19(18(14-20)15-6-4-3-5-7-15)22-17-10-8-16(21-2)9-11-17/h3-11,18-19H,12-14H2,1-2H3. The van der Waals surface area contributed by atoms with Gasteiger partial charge in [-0.1, -0.05) is 30.3 Å². The van der Waals surface area contributed by atoms with Crippen LogP contribution in [0.5, 0.6) is 11.5 Å². The Morgan fingerprint density at radius 1 is 0.955 bits per heavy atom. The van der Waals surface area contributed by atoms with Crippen molar-refractivity contribution >= 4 is 0 Å². The Kier molecular flexibility index (Phi) is 4.64. The first-order valence-electron chi connectivity index (χ1n) is 7.80. The molecule has 1 fully saturated rings. The summed E-state index contributed by atoms with van der Waals surface area (Å²) in [6.45, 7) is 2.11. The average Bonchev–Trinajstić information content (AvgIpc) is 2.58. The molecule has 2 aromatic carbocycles. The van der Waals surface area contributed by atoms with Crippen molar-refractivity contribution in [2.45, 2.75) is 18.4 Å². The number of ether oxygens (including phenoxy) is 2. The number of likely N-dealkylation sites (tertiary alicyclic amines) is 1. The number of likely N-dealkylation sites (N-methyl/N-ethyl adjacent to an activating group) is 1. The molecule has 1 aliphatic rings. The highest BCUT2D eigenvalue weighted by Gasteiger charge is 2.30. The SMILES string of the molecule is COc1ccc(OC2CCN(C)CC2c2ccccc2)cc1. The highest BCUT2D eigenvalue weighted by Crippen LogP contribution is 2.30. The zero-order valence-corrected chi connectivity index (χ0v) is 13.2. The van der Waals surface area contributed by atoms with Crippen LogP contribution in [0.15, 0.2) is 54.6 Å². The minimum Gasteiger partial charge on any atom is -0.497 e. The van der Waals surface area contributed by atoms with Gasteiger partial charge in [-0.25, -0.2) is 0 Å². The lowest BCUT2D eigenvalue weighted by Crippen LogP contribution is -2.42. The lowest BCUT2D eigenvalue weighted by atomic mass is 9.88. The maximum absolute atomic E-state index is 6.29. The van der Waals surface area contributed by atoms with E-state index < -0.39 is 0 Å². The largest absolute Gasteiger partial charge is 0.497 e. The number of hydrogen-bond acceptors (Lipinski definition) is 3. The summed E-state index contributed by atoms with van der Waals surface area (Å²) in [6, 6.07) is 18.5. The minimum absolute atomic E-state index is 0.215. The molecule has 116 valence electrons. The molecule has 0 amide bonds. The van der Waals surface area contributed by atoms with Gasteiger partial charge in [0.1, 0.15) is 17.6 Å². The van der Waals surface area contributed by atoms with Crippen LogP contribution < -0.4 is 9.47 Å². The second-order valence-corrected chi connectivity index (χ2v) is 5.90. The van der Waals surface area contributed by atoms with Crippen LogP contribution in [0.2, 0.25) is 0 Å². The van der Waals surface area contributed by atoms with E-state index in [0.29, 0.717) is 5.92 Å². The zero-order valence-electron chi connectivity index (χ0n) is 13.2. The first-order valence-corrected chi connectivity index (χ1v) is 7.80. The molecule has 3 nitrogen and oxygen atoms in total. The van der Waals surface area contributed by atoms with Gasteiger partial charge in [-0.2, -0.15) is 0 Å². The van der Waals surface area contributed by atoms with Crippen LogP contribution in [0.3, 0.4) is 0 Å². The normalized spacial score (nSPS) is 22.3. The van der Waals surface area contributed by atoms with Crippen LogP contribution in [0.25, 0.3) is 0 Å². The number of nitrogens with zero attached hydrogens (tertiary/aromatic N) is 1. The quantitative estimate of drug-likeness (QED) is 0.861. The fraction of sp³-hybridized carbons (Fsp3) is 0.368. The Labute approximate surface area is 132 Å². The Morgan fingerprint density at radius 3 is 2.32 bits per heavy atom. The van der Waals surface area contributed by atoms with Crippen LogP contribution in [0.1, 0.15) is 17.9 Å². The van der Waals surface area contributed by atoms with Gasteiger partial charge in [0.25, 0.3) is 0 Å². The molecule has 0 saturated carbocycles. The van der Waals surface area contributed by atoms with E-state index in [9.17, 15) is 0 Å². The summed E-state index contributed by atoms with van der Waals surface area (Å²) >= 11 is 0. The molecule has 0 bridgehead atoms. The third-order valence-electron chi connectivity index (χ3n) is 4.33. The molecule has 0 N–H and O–H groups in total. The van der Waals surface area contributed by atoms with Gasteiger partial charge in [-0.05, 0) is 43.3 Å². The van der Waals surface area contributed by atoms with Crippen molar-refractivity contribution in [1.82, 2.24) is 4.90 Å². The van der Waals surface area contributed by atoms with Crippen molar-refractivity contribution < 1.29 is 9.47 Å². The van der Waals surface area contributed by atoms with E-state index in [-0.39, 0.29) is 6.10 Å². The van der Waals surface area contributed by atoms with Crippen molar-refractivity contribution in [2.75, 3.05) is 27.2 Å². The van der Waals surface area contributed by atoms with Crippen LogP contribution in [0.4, 0.5) is 0 Å². The molecule has 1 saturated heterocycles. The van der Waals surface area contributed by atoms with Crippen molar-refractivity contribution in [3.05, 3.63) is 60.2 Å². The van der Waals surface area contributed by atoms with E-state index in [0.717, 1.165) is 31.0 Å². The first kappa shape index (κ1) is 14.9. The summed E-state index contributed by atoms with van der Waals surface area (Å²) < 4.78 is 11.5. The van der Waals surface area contributed by atoms with Crippen molar-refractivity contribution in [1.29, 1.82) is 0 Å². The van der Waals surface area contributed by atoms with Gasteiger partial charge < -0.3 is 14.4 Å². The summed E-state index contributed by atoms with van der Waals surface area (Å²) in [6.07, 6.45) is 1.26. The Balaban J connectivity index is 1.77. The molecular weight excluding hydrogens is 274 g/mol. The van der Waals surface area contributed by atoms with Crippen molar-refractivity contribution in [3.8, 4) is 11.5 Å². The third kappa shape index (κ3) is 3.42. The second-order valence-electron chi connectivity index (χ2n) is 5.90. The molecule has 0 aliphatic carbocycles. The van der Waals surface area contributed by atoms with Crippen molar-refractivity contribution in [2.24, 2.45) is 0 Å². The maximum Gasteiger partial charge on any atom is 0.120 e. The number of piperidine rings is 1. The molecule has 2 aromatic rings. The molecular formula is C19H23NO2. The van der Waals surface area contributed by atoms with Crippen molar-refractivity contribution in [3.63, 3.8) is 0 Å². The van der Waals surface area contributed by atoms with Gasteiger partial charge in [0.2, 0.25) is 0 Å². The molecule has 0 aromatic heterocycles. The average molecular weight is 297 g/mol. The Hall–Kier alpha value is -2.00. The van der Waals surface area contributed by atoms with Gasteiger partial charge in [-0.3, -0.25) is 0 Å². The fourth-order valence-electron chi connectivity index (χ4n) is 3.08. The summed E-state index contributed by atoms with van der Waals surface area (Å²) in [7, 11) is 3.86.